The SMILES string of the molecule is c1ccc(Oc2ccc[nH]2)cc1. The van der Waals surface area contributed by atoms with Gasteiger partial charge in [0.15, 0.2) is 5.88 Å². The van der Waals surface area contributed by atoms with Gasteiger partial charge in [0.25, 0.3) is 0 Å². The molecule has 0 spiro atoms. The van der Waals surface area contributed by atoms with Crippen molar-refractivity contribution >= 4 is 0 Å². The van der Waals surface area contributed by atoms with E-state index in [1.165, 1.54) is 0 Å². The molecule has 2 aromatic rings. The van der Waals surface area contributed by atoms with Gasteiger partial charge in [0.1, 0.15) is 5.75 Å². The number of rotatable bonds is 2. The monoisotopic (exact) mass is 159 g/mol. The molecular weight excluding hydrogens is 150 g/mol. The quantitative estimate of drug-likeness (QED) is 0.716. The van der Waals surface area contributed by atoms with E-state index in [2.05, 4.69) is 4.98 Å². The molecule has 1 heterocycles. The normalized spacial score (nSPS) is 9.67. The molecule has 1 aromatic heterocycles. The number of nitrogens with one attached hydrogen (secondary N) is 1. The Labute approximate surface area is 70.8 Å². The lowest BCUT2D eigenvalue weighted by Gasteiger charge is -2.00. The molecule has 2 rings (SSSR count). The van der Waals surface area contributed by atoms with Crippen LogP contribution in [-0.4, -0.2) is 4.98 Å². The second kappa shape index (κ2) is 3.13. The fourth-order valence-electron chi connectivity index (χ4n) is 0.993. The molecule has 0 aliphatic carbocycles. The maximum absolute atomic E-state index is 5.46. The Hall–Kier alpha value is -1.70. The number of aromatic nitrogens is 1. The molecule has 0 radical (unpaired) electrons. The van der Waals surface area contributed by atoms with Crippen molar-refractivity contribution < 1.29 is 4.74 Å². The van der Waals surface area contributed by atoms with Crippen LogP contribution in [0.5, 0.6) is 11.6 Å². The first-order chi connectivity index (χ1) is 5.95. The van der Waals surface area contributed by atoms with E-state index in [1.807, 2.05) is 48.7 Å². The Kier molecular flexibility index (Phi) is 1.82. The smallest absolute Gasteiger partial charge is 0.197 e. The summed E-state index contributed by atoms with van der Waals surface area (Å²) in [6.45, 7) is 0. The number of ether oxygens (including phenoxy) is 1. The predicted octanol–water partition coefficient (Wildman–Crippen LogP) is 2.81. The summed E-state index contributed by atoms with van der Waals surface area (Å²) in [6, 6.07) is 13.5. The molecule has 0 atom stereocenters. The number of H-pyrrole nitrogens is 1. The first-order valence-corrected chi connectivity index (χ1v) is 3.81. The van der Waals surface area contributed by atoms with Gasteiger partial charge >= 0.3 is 0 Å². The Balaban J connectivity index is 2.15. The van der Waals surface area contributed by atoms with Gasteiger partial charge in [-0.05, 0) is 18.2 Å². The molecule has 0 saturated heterocycles. The summed E-state index contributed by atoms with van der Waals surface area (Å²) in [5.74, 6) is 1.61. The number of hydrogen-bond donors (Lipinski definition) is 1. The van der Waals surface area contributed by atoms with Crippen molar-refractivity contribution in [3.05, 3.63) is 48.7 Å². The summed E-state index contributed by atoms with van der Waals surface area (Å²) in [4.78, 5) is 2.96. The van der Waals surface area contributed by atoms with Crippen LogP contribution in [0.1, 0.15) is 0 Å². The zero-order valence-electron chi connectivity index (χ0n) is 6.53. The summed E-state index contributed by atoms with van der Waals surface area (Å²) in [7, 11) is 0. The maximum Gasteiger partial charge on any atom is 0.197 e. The van der Waals surface area contributed by atoms with Crippen molar-refractivity contribution in [1.29, 1.82) is 0 Å². The van der Waals surface area contributed by atoms with E-state index >= 15 is 0 Å². The van der Waals surface area contributed by atoms with Gasteiger partial charge in [0.05, 0.1) is 0 Å². The van der Waals surface area contributed by atoms with Crippen molar-refractivity contribution in [2.24, 2.45) is 0 Å². The fraction of sp³-hybridized carbons (Fsp3) is 0. The Morgan fingerprint density at radius 2 is 1.75 bits per heavy atom. The molecule has 2 nitrogen and oxygen atoms in total. The van der Waals surface area contributed by atoms with Crippen LogP contribution in [0.15, 0.2) is 48.7 Å². The molecule has 12 heavy (non-hydrogen) atoms. The van der Waals surface area contributed by atoms with E-state index in [4.69, 9.17) is 4.74 Å². The molecular formula is C10H9NO. The third-order valence-electron chi connectivity index (χ3n) is 1.54. The molecule has 0 aliphatic rings. The van der Waals surface area contributed by atoms with E-state index in [0.29, 0.717) is 0 Å². The zero-order chi connectivity index (χ0) is 8.23. The van der Waals surface area contributed by atoms with Crippen LogP contribution in [0, 0.1) is 0 Å². The van der Waals surface area contributed by atoms with Crippen LogP contribution in [0.4, 0.5) is 0 Å². The van der Waals surface area contributed by atoms with Crippen molar-refractivity contribution in [3.8, 4) is 11.6 Å². The van der Waals surface area contributed by atoms with Crippen molar-refractivity contribution in [2.45, 2.75) is 0 Å². The van der Waals surface area contributed by atoms with Gasteiger partial charge in [-0.1, -0.05) is 18.2 Å². The van der Waals surface area contributed by atoms with E-state index in [0.717, 1.165) is 11.6 Å². The molecule has 2 heteroatoms. The van der Waals surface area contributed by atoms with Crippen LogP contribution < -0.4 is 4.74 Å². The van der Waals surface area contributed by atoms with Crippen LogP contribution in [0.2, 0.25) is 0 Å². The largest absolute Gasteiger partial charge is 0.441 e. The third-order valence-corrected chi connectivity index (χ3v) is 1.54. The summed E-state index contributed by atoms with van der Waals surface area (Å²) in [6.07, 6.45) is 1.83. The Morgan fingerprint density at radius 3 is 2.42 bits per heavy atom. The lowest BCUT2D eigenvalue weighted by molar-refractivity contribution is 0.466. The minimum absolute atomic E-state index is 0.765. The second-order valence-corrected chi connectivity index (χ2v) is 2.45. The summed E-state index contributed by atoms with van der Waals surface area (Å²) >= 11 is 0. The molecule has 1 N–H and O–H groups in total. The first-order valence-electron chi connectivity index (χ1n) is 3.81. The van der Waals surface area contributed by atoms with E-state index < -0.39 is 0 Å². The number of hydrogen-bond acceptors (Lipinski definition) is 1. The van der Waals surface area contributed by atoms with E-state index in [1.54, 1.807) is 0 Å². The lowest BCUT2D eigenvalue weighted by atomic mass is 10.3. The van der Waals surface area contributed by atoms with Gasteiger partial charge in [0, 0.05) is 12.3 Å². The average Bonchev–Trinajstić information content (AvgIpc) is 2.59. The highest BCUT2D eigenvalue weighted by Gasteiger charge is 1.93. The highest BCUT2D eigenvalue weighted by atomic mass is 16.5. The summed E-state index contributed by atoms with van der Waals surface area (Å²) in [5.41, 5.74) is 0. The molecule has 0 bridgehead atoms. The van der Waals surface area contributed by atoms with Crippen molar-refractivity contribution in [3.63, 3.8) is 0 Å². The summed E-state index contributed by atoms with van der Waals surface area (Å²) < 4.78 is 5.46. The first kappa shape index (κ1) is 6.98. The van der Waals surface area contributed by atoms with Gasteiger partial charge in [-0.3, -0.25) is 0 Å². The molecule has 1 aromatic carbocycles. The minimum atomic E-state index is 0.765. The molecule has 0 unspecified atom stereocenters. The predicted molar refractivity (Wildman–Crippen MR) is 47.3 cm³/mol. The van der Waals surface area contributed by atoms with Gasteiger partial charge in [-0.15, -0.1) is 0 Å². The number of para-hydroxylation sites is 1. The standard InChI is InChI=1S/C10H9NO/c1-2-5-9(6-3-1)12-10-7-4-8-11-10/h1-8,11H. The van der Waals surface area contributed by atoms with Gasteiger partial charge in [0.2, 0.25) is 0 Å². The van der Waals surface area contributed by atoms with Crippen LogP contribution in [0.3, 0.4) is 0 Å². The molecule has 0 saturated carbocycles. The average molecular weight is 159 g/mol. The van der Waals surface area contributed by atoms with E-state index in [-0.39, 0.29) is 0 Å². The highest BCUT2D eigenvalue weighted by Crippen LogP contribution is 2.17. The van der Waals surface area contributed by atoms with E-state index in [9.17, 15) is 0 Å². The number of benzene rings is 1. The maximum atomic E-state index is 5.46. The highest BCUT2D eigenvalue weighted by molar-refractivity contribution is 5.26. The molecule has 0 fully saturated rings. The van der Waals surface area contributed by atoms with Gasteiger partial charge < -0.3 is 9.72 Å². The van der Waals surface area contributed by atoms with Crippen LogP contribution in [0.25, 0.3) is 0 Å². The second-order valence-electron chi connectivity index (χ2n) is 2.45. The Bertz CT molecular complexity index is 326. The summed E-state index contributed by atoms with van der Waals surface area (Å²) in [5, 5.41) is 0. The minimum Gasteiger partial charge on any atom is -0.441 e. The molecule has 0 amide bonds. The third kappa shape index (κ3) is 1.48. The van der Waals surface area contributed by atoms with Gasteiger partial charge in [-0.25, -0.2) is 0 Å². The Morgan fingerprint density at radius 1 is 0.917 bits per heavy atom. The number of aromatic amines is 1. The van der Waals surface area contributed by atoms with Crippen molar-refractivity contribution in [2.75, 3.05) is 0 Å². The fourth-order valence-corrected chi connectivity index (χ4v) is 0.993. The molecule has 60 valence electrons. The van der Waals surface area contributed by atoms with Crippen LogP contribution in [-0.2, 0) is 0 Å². The van der Waals surface area contributed by atoms with Crippen LogP contribution >= 0.6 is 0 Å². The lowest BCUT2D eigenvalue weighted by Crippen LogP contribution is -1.81. The topological polar surface area (TPSA) is 25.0 Å². The van der Waals surface area contributed by atoms with Crippen molar-refractivity contribution in [1.82, 2.24) is 4.98 Å². The zero-order valence-corrected chi connectivity index (χ0v) is 6.53. The molecule has 0 aliphatic heterocycles. The van der Waals surface area contributed by atoms with Gasteiger partial charge in [-0.2, -0.15) is 0 Å².